The van der Waals surface area contributed by atoms with Crippen molar-refractivity contribution in [2.45, 2.75) is 38.6 Å². The lowest BCUT2D eigenvalue weighted by atomic mass is 9.95. The Morgan fingerprint density at radius 1 is 1.38 bits per heavy atom. The molecule has 16 heavy (non-hydrogen) atoms. The molecule has 1 unspecified atom stereocenters. The predicted molar refractivity (Wildman–Crippen MR) is 66.7 cm³/mol. The van der Waals surface area contributed by atoms with Gasteiger partial charge >= 0.3 is 0 Å². The van der Waals surface area contributed by atoms with Crippen molar-refractivity contribution in [1.82, 2.24) is 4.90 Å². The molecule has 1 saturated heterocycles. The summed E-state index contributed by atoms with van der Waals surface area (Å²) in [5.41, 5.74) is 1.25. The molecule has 2 rings (SSSR count). The molecule has 0 spiro atoms. The number of hydrogen-bond donors (Lipinski definition) is 1. The van der Waals surface area contributed by atoms with Gasteiger partial charge in [0.1, 0.15) is 5.75 Å². The summed E-state index contributed by atoms with van der Waals surface area (Å²) in [6, 6.07) is 8.34. The summed E-state index contributed by atoms with van der Waals surface area (Å²) < 4.78 is 0. The molecular formula is C14H21NO. The highest BCUT2D eigenvalue weighted by atomic mass is 16.3. The van der Waals surface area contributed by atoms with Crippen molar-refractivity contribution >= 4 is 0 Å². The molecule has 0 bridgehead atoms. The SMILES string of the molecule is CCN1CCCCC1Cc1cccc(O)c1. The van der Waals surface area contributed by atoms with Gasteiger partial charge in [0.25, 0.3) is 0 Å². The molecule has 0 aliphatic carbocycles. The second-order valence-electron chi connectivity index (χ2n) is 4.65. The molecule has 1 N–H and O–H groups in total. The third-order valence-electron chi connectivity index (χ3n) is 3.54. The van der Waals surface area contributed by atoms with Crippen LogP contribution in [0.15, 0.2) is 24.3 Å². The van der Waals surface area contributed by atoms with Gasteiger partial charge in [-0.15, -0.1) is 0 Å². The van der Waals surface area contributed by atoms with E-state index < -0.39 is 0 Å². The lowest BCUT2D eigenvalue weighted by Gasteiger charge is -2.35. The Balaban J connectivity index is 2.02. The number of benzene rings is 1. The standard InChI is InChI=1S/C14H21NO/c1-2-15-9-4-3-7-13(15)10-12-6-5-8-14(16)11-12/h5-6,8,11,13,16H,2-4,7,9-10H2,1H3. The minimum absolute atomic E-state index is 0.386. The molecule has 1 atom stereocenters. The van der Waals surface area contributed by atoms with Crippen LogP contribution in [-0.2, 0) is 6.42 Å². The van der Waals surface area contributed by atoms with Gasteiger partial charge in [-0.05, 0) is 50.0 Å². The van der Waals surface area contributed by atoms with Crippen molar-refractivity contribution < 1.29 is 5.11 Å². The van der Waals surface area contributed by atoms with E-state index in [1.807, 2.05) is 12.1 Å². The zero-order valence-electron chi connectivity index (χ0n) is 10.0. The summed E-state index contributed by atoms with van der Waals surface area (Å²) in [6.07, 6.45) is 5.05. The second-order valence-corrected chi connectivity index (χ2v) is 4.65. The molecule has 0 aromatic heterocycles. The number of nitrogens with zero attached hydrogens (tertiary/aromatic N) is 1. The third kappa shape index (κ3) is 2.76. The number of rotatable bonds is 3. The van der Waals surface area contributed by atoms with Crippen LogP contribution in [0.1, 0.15) is 31.7 Å². The highest BCUT2D eigenvalue weighted by molar-refractivity contribution is 5.27. The molecule has 1 heterocycles. The molecule has 1 aliphatic rings. The van der Waals surface area contributed by atoms with E-state index in [0.717, 1.165) is 13.0 Å². The van der Waals surface area contributed by atoms with Gasteiger partial charge in [-0.25, -0.2) is 0 Å². The number of likely N-dealkylation sites (N-methyl/N-ethyl adjacent to an activating group) is 1. The largest absolute Gasteiger partial charge is 0.508 e. The summed E-state index contributed by atoms with van der Waals surface area (Å²) in [4.78, 5) is 2.56. The minimum atomic E-state index is 0.386. The first-order chi connectivity index (χ1) is 7.79. The van der Waals surface area contributed by atoms with Gasteiger partial charge < -0.3 is 10.0 Å². The Labute approximate surface area is 97.9 Å². The summed E-state index contributed by atoms with van der Waals surface area (Å²) >= 11 is 0. The maximum Gasteiger partial charge on any atom is 0.115 e. The zero-order chi connectivity index (χ0) is 11.4. The van der Waals surface area contributed by atoms with E-state index in [9.17, 15) is 5.11 Å². The molecule has 1 aromatic carbocycles. The van der Waals surface area contributed by atoms with Crippen LogP contribution in [-0.4, -0.2) is 29.1 Å². The Morgan fingerprint density at radius 3 is 3.00 bits per heavy atom. The molecule has 0 radical (unpaired) electrons. The van der Waals surface area contributed by atoms with Crippen molar-refractivity contribution in [2.24, 2.45) is 0 Å². The molecule has 2 nitrogen and oxygen atoms in total. The smallest absolute Gasteiger partial charge is 0.115 e. The predicted octanol–water partition coefficient (Wildman–Crippen LogP) is 2.81. The normalized spacial score (nSPS) is 22.2. The number of phenols is 1. The van der Waals surface area contributed by atoms with Crippen LogP contribution >= 0.6 is 0 Å². The molecule has 0 saturated carbocycles. The molecule has 1 aliphatic heterocycles. The fourth-order valence-corrected chi connectivity index (χ4v) is 2.66. The van der Waals surface area contributed by atoms with Crippen molar-refractivity contribution in [3.8, 4) is 5.75 Å². The average Bonchev–Trinajstić information content (AvgIpc) is 2.30. The van der Waals surface area contributed by atoms with E-state index in [0.29, 0.717) is 11.8 Å². The Morgan fingerprint density at radius 2 is 2.25 bits per heavy atom. The minimum Gasteiger partial charge on any atom is -0.508 e. The van der Waals surface area contributed by atoms with Gasteiger partial charge in [0, 0.05) is 6.04 Å². The van der Waals surface area contributed by atoms with Gasteiger partial charge in [-0.1, -0.05) is 25.5 Å². The van der Waals surface area contributed by atoms with Crippen molar-refractivity contribution in [2.75, 3.05) is 13.1 Å². The van der Waals surface area contributed by atoms with Crippen LogP contribution in [0.4, 0.5) is 0 Å². The van der Waals surface area contributed by atoms with Gasteiger partial charge in [0.15, 0.2) is 0 Å². The van der Waals surface area contributed by atoms with Crippen molar-refractivity contribution in [3.63, 3.8) is 0 Å². The molecular weight excluding hydrogens is 198 g/mol. The summed E-state index contributed by atoms with van der Waals surface area (Å²) in [5, 5.41) is 9.45. The first-order valence-electron chi connectivity index (χ1n) is 6.31. The third-order valence-corrected chi connectivity index (χ3v) is 3.54. The average molecular weight is 219 g/mol. The van der Waals surface area contributed by atoms with Crippen LogP contribution in [0.2, 0.25) is 0 Å². The maximum absolute atomic E-state index is 9.45. The molecule has 0 amide bonds. The van der Waals surface area contributed by atoms with Crippen LogP contribution in [0, 0.1) is 0 Å². The van der Waals surface area contributed by atoms with Gasteiger partial charge in [0.2, 0.25) is 0 Å². The number of piperidine rings is 1. The highest BCUT2D eigenvalue weighted by Crippen LogP contribution is 2.21. The summed E-state index contributed by atoms with van der Waals surface area (Å²) in [6.45, 7) is 4.62. The first-order valence-corrected chi connectivity index (χ1v) is 6.31. The van der Waals surface area contributed by atoms with E-state index in [-0.39, 0.29) is 0 Å². The molecule has 88 valence electrons. The highest BCUT2D eigenvalue weighted by Gasteiger charge is 2.20. The maximum atomic E-state index is 9.45. The van der Waals surface area contributed by atoms with Gasteiger partial charge in [-0.3, -0.25) is 0 Å². The van der Waals surface area contributed by atoms with Crippen LogP contribution in [0.3, 0.4) is 0 Å². The van der Waals surface area contributed by atoms with E-state index in [1.54, 1.807) is 6.07 Å². The van der Waals surface area contributed by atoms with Gasteiger partial charge in [0.05, 0.1) is 0 Å². The Bertz CT molecular complexity index is 337. The molecule has 1 fully saturated rings. The number of likely N-dealkylation sites (tertiary alicyclic amines) is 1. The van der Waals surface area contributed by atoms with E-state index in [2.05, 4.69) is 17.9 Å². The van der Waals surface area contributed by atoms with Crippen LogP contribution in [0.5, 0.6) is 5.75 Å². The van der Waals surface area contributed by atoms with Gasteiger partial charge in [-0.2, -0.15) is 0 Å². The van der Waals surface area contributed by atoms with Crippen molar-refractivity contribution in [1.29, 1.82) is 0 Å². The number of aromatic hydroxyl groups is 1. The van der Waals surface area contributed by atoms with Crippen LogP contribution < -0.4 is 0 Å². The quantitative estimate of drug-likeness (QED) is 0.845. The second kappa shape index (κ2) is 5.35. The fraction of sp³-hybridized carbons (Fsp3) is 0.571. The zero-order valence-corrected chi connectivity index (χ0v) is 10.0. The Kier molecular flexibility index (Phi) is 3.83. The number of phenolic OH excluding ortho intramolecular Hbond substituents is 1. The lowest BCUT2D eigenvalue weighted by molar-refractivity contribution is 0.155. The Hall–Kier alpha value is -1.02. The fourth-order valence-electron chi connectivity index (χ4n) is 2.66. The summed E-state index contributed by atoms with van der Waals surface area (Å²) in [5.74, 6) is 0.386. The van der Waals surface area contributed by atoms with E-state index >= 15 is 0 Å². The molecule has 2 heteroatoms. The monoisotopic (exact) mass is 219 g/mol. The topological polar surface area (TPSA) is 23.5 Å². The number of hydrogen-bond acceptors (Lipinski definition) is 2. The lowest BCUT2D eigenvalue weighted by Crippen LogP contribution is -2.40. The van der Waals surface area contributed by atoms with E-state index in [1.165, 1.54) is 31.4 Å². The first kappa shape index (κ1) is 11.5. The van der Waals surface area contributed by atoms with Crippen molar-refractivity contribution in [3.05, 3.63) is 29.8 Å². The van der Waals surface area contributed by atoms with E-state index in [4.69, 9.17) is 0 Å². The summed E-state index contributed by atoms with van der Waals surface area (Å²) in [7, 11) is 0. The molecule has 1 aromatic rings. The van der Waals surface area contributed by atoms with Crippen LogP contribution in [0.25, 0.3) is 0 Å².